The number of rotatable bonds is 3. The van der Waals surface area contributed by atoms with E-state index in [2.05, 4.69) is 193 Å². The topological polar surface area (TPSA) is 9.86 Å². The molecule has 12 rings (SSSR count). The van der Waals surface area contributed by atoms with E-state index in [1.54, 1.807) is 0 Å². The smallest absolute Gasteiger partial charge is 0.0544 e. The fourth-order valence-electron chi connectivity index (χ4n) is 9.61. The summed E-state index contributed by atoms with van der Waals surface area (Å²) in [6.45, 7) is 4.76. The van der Waals surface area contributed by atoms with E-state index in [9.17, 15) is 0 Å². The highest BCUT2D eigenvalue weighted by atomic mass is 32.1. The maximum absolute atomic E-state index is 2.53. The summed E-state index contributed by atoms with van der Waals surface area (Å²) >= 11 is 1.87. The van der Waals surface area contributed by atoms with Crippen LogP contribution in [0.15, 0.2) is 170 Å². The first-order valence-corrected chi connectivity index (χ1v) is 19.6. The lowest BCUT2D eigenvalue weighted by Crippen LogP contribution is -2.15. The summed E-state index contributed by atoms with van der Waals surface area (Å²) in [6.07, 6.45) is 0. The van der Waals surface area contributed by atoms with Crippen molar-refractivity contribution in [3.8, 4) is 33.6 Å². The number of aromatic nitrogens is 2. The average molecular weight is 707 g/mol. The third kappa shape index (κ3) is 4.00. The molecule has 0 unspecified atom stereocenters. The van der Waals surface area contributed by atoms with Gasteiger partial charge in [-0.25, -0.2) is 0 Å². The minimum absolute atomic E-state index is 0.102. The van der Waals surface area contributed by atoms with Crippen molar-refractivity contribution in [3.05, 3.63) is 181 Å². The molecule has 1 aliphatic carbocycles. The second-order valence-corrected chi connectivity index (χ2v) is 16.4. The van der Waals surface area contributed by atoms with E-state index in [1.807, 2.05) is 11.3 Å². The standard InChI is InChI=1S/C51H34N2S/c1-51(2)42-18-8-3-13-33(42)39-29-40-36-16-6-11-21-46(36)53(48(40)30-43(39)51)47-25-24-32(52-44-19-9-4-14-34(44)35-15-5-10-20-45(35)52)28-38(47)31-23-26-50-41(27-31)37-17-7-12-22-49(37)54-50/h3-30H,1-2H3. The van der Waals surface area contributed by atoms with Crippen molar-refractivity contribution in [2.75, 3.05) is 0 Å². The summed E-state index contributed by atoms with van der Waals surface area (Å²) in [4.78, 5) is 0. The number of fused-ring (bicyclic) bond motifs is 12. The Morgan fingerprint density at radius 1 is 0.389 bits per heavy atom. The highest BCUT2D eigenvalue weighted by Gasteiger charge is 2.36. The predicted molar refractivity (Wildman–Crippen MR) is 231 cm³/mol. The Balaban J connectivity index is 1.19. The zero-order chi connectivity index (χ0) is 35.7. The molecular formula is C51H34N2S. The second-order valence-electron chi connectivity index (χ2n) is 15.3. The Kier molecular flexibility index (Phi) is 6.03. The number of thiophene rings is 1. The predicted octanol–water partition coefficient (Wildman–Crippen LogP) is 14.2. The van der Waals surface area contributed by atoms with Gasteiger partial charge >= 0.3 is 0 Å². The number of para-hydroxylation sites is 3. The van der Waals surface area contributed by atoms with Gasteiger partial charge in [-0.1, -0.05) is 117 Å². The first kappa shape index (κ1) is 30.1. The summed E-state index contributed by atoms with van der Waals surface area (Å²) in [7, 11) is 0. The van der Waals surface area contributed by atoms with Crippen LogP contribution in [-0.4, -0.2) is 9.13 Å². The minimum Gasteiger partial charge on any atom is -0.309 e. The number of nitrogens with zero attached hydrogens (tertiary/aromatic N) is 2. The van der Waals surface area contributed by atoms with Crippen LogP contribution in [0.2, 0.25) is 0 Å². The normalized spacial score (nSPS) is 13.5. The number of hydrogen-bond acceptors (Lipinski definition) is 1. The van der Waals surface area contributed by atoms with Gasteiger partial charge in [-0.3, -0.25) is 0 Å². The lowest BCUT2D eigenvalue weighted by Gasteiger charge is -2.22. The highest BCUT2D eigenvalue weighted by Crippen LogP contribution is 2.51. The van der Waals surface area contributed by atoms with Gasteiger partial charge in [-0.15, -0.1) is 11.3 Å². The van der Waals surface area contributed by atoms with Gasteiger partial charge in [0, 0.05) is 58.4 Å². The molecule has 2 nitrogen and oxygen atoms in total. The van der Waals surface area contributed by atoms with Gasteiger partial charge in [0.25, 0.3) is 0 Å². The molecule has 3 heterocycles. The van der Waals surface area contributed by atoms with E-state index < -0.39 is 0 Å². The summed E-state index contributed by atoms with van der Waals surface area (Å²) < 4.78 is 7.61. The molecule has 0 amide bonds. The molecule has 3 aromatic heterocycles. The van der Waals surface area contributed by atoms with Crippen LogP contribution in [0.1, 0.15) is 25.0 Å². The molecule has 8 aromatic carbocycles. The van der Waals surface area contributed by atoms with Crippen molar-refractivity contribution >= 4 is 75.1 Å². The molecule has 0 radical (unpaired) electrons. The molecule has 254 valence electrons. The maximum atomic E-state index is 2.53. The Morgan fingerprint density at radius 3 is 1.76 bits per heavy atom. The third-order valence-corrected chi connectivity index (χ3v) is 13.3. The molecule has 0 fully saturated rings. The summed E-state index contributed by atoms with van der Waals surface area (Å²) in [5.74, 6) is 0. The van der Waals surface area contributed by atoms with E-state index >= 15 is 0 Å². The Labute approximate surface area is 316 Å². The van der Waals surface area contributed by atoms with Crippen molar-refractivity contribution < 1.29 is 0 Å². The Morgan fingerprint density at radius 2 is 1.00 bits per heavy atom. The first-order chi connectivity index (χ1) is 26.5. The van der Waals surface area contributed by atoms with Gasteiger partial charge < -0.3 is 9.13 Å². The van der Waals surface area contributed by atoms with Crippen LogP contribution in [0.5, 0.6) is 0 Å². The quantitative estimate of drug-likeness (QED) is 0.173. The molecule has 0 saturated heterocycles. The maximum Gasteiger partial charge on any atom is 0.0544 e. The molecule has 0 bridgehead atoms. The molecular weight excluding hydrogens is 673 g/mol. The van der Waals surface area contributed by atoms with Gasteiger partial charge in [0.2, 0.25) is 0 Å². The Hall–Kier alpha value is -6.42. The van der Waals surface area contributed by atoms with Crippen LogP contribution in [0.4, 0.5) is 0 Å². The first-order valence-electron chi connectivity index (χ1n) is 18.8. The van der Waals surface area contributed by atoms with Gasteiger partial charge in [-0.2, -0.15) is 0 Å². The van der Waals surface area contributed by atoms with Crippen LogP contribution in [0.25, 0.3) is 97.4 Å². The summed E-state index contributed by atoms with van der Waals surface area (Å²) in [6, 6.07) is 63.4. The largest absolute Gasteiger partial charge is 0.309 e. The van der Waals surface area contributed by atoms with Crippen LogP contribution in [0.3, 0.4) is 0 Å². The van der Waals surface area contributed by atoms with E-state index in [4.69, 9.17) is 0 Å². The van der Waals surface area contributed by atoms with Crippen LogP contribution in [0, 0.1) is 0 Å². The summed E-state index contributed by atoms with van der Waals surface area (Å²) in [5, 5.41) is 7.71. The lowest BCUT2D eigenvalue weighted by molar-refractivity contribution is 0.661. The fraction of sp³-hybridized carbons (Fsp3) is 0.0588. The van der Waals surface area contributed by atoms with E-state index in [0.29, 0.717) is 0 Å². The minimum atomic E-state index is -0.102. The van der Waals surface area contributed by atoms with Crippen molar-refractivity contribution in [2.45, 2.75) is 19.3 Å². The number of benzene rings is 8. The molecule has 0 N–H and O–H groups in total. The SMILES string of the molecule is CC1(C)c2ccccc2-c2cc3c4ccccc4n(-c4ccc(-n5c6ccccc6c6ccccc65)cc4-c4ccc5sc6ccccc6c5c4)c3cc21. The highest BCUT2D eigenvalue weighted by molar-refractivity contribution is 7.25. The third-order valence-electron chi connectivity index (χ3n) is 12.1. The van der Waals surface area contributed by atoms with Crippen molar-refractivity contribution in [2.24, 2.45) is 0 Å². The van der Waals surface area contributed by atoms with Gasteiger partial charge in [0.15, 0.2) is 0 Å². The molecule has 3 heteroatoms. The summed E-state index contributed by atoms with van der Waals surface area (Å²) in [5.41, 5.74) is 15.0. The van der Waals surface area contributed by atoms with Gasteiger partial charge in [-0.05, 0) is 94.5 Å². The average Bonchev–Trinajstić information content (AvgIpc) is 3.92. The molecule has 54 heavy (non-hydrogen) atoms. The van der Waals surface area contributed by atoms with Gasteiger partial charge in [0.05, 0.1) is 27.8 Å². The van der Waals surface area contributed by atoms with Crippen LogP contribution < -0.4 is 0 Å². The fourth-order valence-corrected chi connectivity index (χ4v) is 10.7. The van der Waals surface area contributed by atoms with Crippen molar-refractivity contribution in [3.63, 3.8) is 0 Å². The second kappa shape index (κ2) is 10.8. The molecule has 1 aliphatic rings. The molecule has 0 saturated carbocycles. The molecule has 0 atom stereocenters. The lowest BCUT2D eigenvalue weighted by atomic mass is 9.82. The zero-order valence-corrected chi connectivity index (χ0v) is 30.8. The molecule has 11 aromatic rings. The van der Waals surface area contributed by atoms with E-state index in [0.717, 1.165) is 5.69 Å². The van der Waals surface area contributed by atoms with Crippen molar-refractivity contribution in [1.82, 2.24) is 9.13 Å². The number of hydrogen-bond donors (Lipinski definition) is 0. The molecule has 0 spiro atoms. The van der Waals surface area contributed by atoms with E-state index in [1.165, 1.54) is 103 Å². The van der Waals surface area contributed by atoms with Crippen LogP contribution in [-0.2, 0) is 5.41 Å². The van der Waals surface area contributed by atoms with Crippen molar-refractivity contribution in [1.29, 1.82) is 0 Å². The van der Waals surface area contributed by atoms with Crippen LogP contribution >= 0.6 is 11.3 Å². The monoisotopic (exact) mass is 706 g/mol. The van der Waals surface area contributed by atoms with E-state index in [-0.39, 0.29) is 5.41 Å². The van der Waals surface area contributed by atoms with Gasteiger partial charge in [0.1, 0.15) is 0 Å². The zero-order valence-electron chi connectivity index (χ0n) is 30.0. The Bertz CT molecular complexity index is 3310. The molecule has 0 aliphatic heterocycles.